The zero-order chi connectivity index (χ0) is 12.2. The standard InChI is InChI=1S/C12H23N3O/c1-5-9-15-10(7-8-14-15)11(13)12(3,4)16-6-2/h7-8,11H,5-6,9,13H2,1-4H3. The lowest BCUT2D eigenvalue weighted by Crippen LogP contribution is -2.39. The number of hydrogen-bond acceptors (Lipinski definition) is 3. The van der Waals surface area contributed by atoms with Gasteiger partial charge in [0.15, 0.2) is 0 Å². The molecule has 1 rings (SSSR count). The number of hydrogen-bond donors (Lipinski definition) is 1. The van der Waals surface area contributed by atoms with Crippen LogP contribution in [0.5, 0.6) is 0 Å². The van der Waals surface area contributed by atoms with Crippen molar-refractivity contribution < 1.29 is 4.74 Å². The lowest BCUT2D eigenvalue weighted by molar-refractivity contribution is -0.0316. The van der Waals surface area contributed by atoms with Crippen molar-refractivity contribution in [1.29, 1.82) is 0 Å². The topological polar surface area (TPSA) is 53.1 Å². The highest BCUT2D eigenvalue weighted by molar-refractivity contribution is 5.11. The van der Waals surface area contributed by atoms with Crippen LogP contribution in [-0.2, 0) is 11.3 Å². The Morgan fingerprint density at radius 3 is 2.75 bits per heavy atom. The van der Waals surface area contributed by atoms with E-state index in [1.807, 2.05) is 31.5 Å². The fourth-order valence-corrected chi connectivity index (χ4v) is 1.82. The van der Waals surface area contributed by atoms with E-state index in [-0.39, 0.29) is 11.6 Å². The van der Waals surface area contributed by atoms with E-state index in [0.29, 0.717) is 6.61 Å². The number of aryl methyl sites for hydroxylation is 1. The highest BCUT2D eigenvalue weighted by atomic mass is 16.5. The molecule has 0 aliphatic rings. The molecule has 1 heterocycles. The molecule has 0 spiro atoms. The molecule has 4 nitrogen and oxygen atoms in total. The van der Waals surface area contributed by atoms with Gasteiger partial charge in [-0.2, -0.15) is 5.10 Å². The summed E-state index contributed by atoms with van der Waals surface area (Å²) in [4.78, 5) is 0. The van der Waals surface area contributed by atoms with Crippen molar-refractivity contribution in [3.63, 3.8) is 0 Å². The summed E-state index contributed by atoms with van der Waals surface area (Å²) in [5.41, 5.74) is 6.93. The van der Waals surface area contributed by atoms with E-state index in [1.165, 1.54) is 0 Å². The minimum atomic E-state index is -0.361. The van der Waals surface area contributed by atoms with E-state index >= 15 is 0 Å². The number of ether oxygens (including phenoxy) is 1. The predicted octanol–water partition coefficient (Wildman–Crippen LogP) is 2.11. The van der Waals surface area contributed by atoms with Crippen molar-refractivity contribution in [3.05, 3.63) is 18.0 Å². The molecule has 4 heteroatoms. The average Bonchev–Trinajstić information content (AvgIpc) is 2.65. The van der Waals surface area contributed by atoms with Gasteiger partial charge in [0.25, 0.3) is 0 Å². The van der Waals surface area contributed by atoms with Gasteiger partial charge in [0.2, 0.25) is 0 Å². The van der Waals surface area contributed by atoms with E-state index < -0.39 is 0 Å². The molecular weight excluding hydrogens is 202 g/mol. The Kier molecular flexibility index (Phi) is 4.50. The molecule has 0 saturated heterocycles. The van der Waals surface area contributed by atoms with E-state index in [2.05, 4.69) is 12.0 Å². The van der Waals surface area contributed by atoms with Crippen LogP contribution in [0.1, 0.15) is 45.9 Å². The molecule has 1 unspecified atom stereocenters. The van der Waals surface area contributed by atoms with Gasteiger partial charge in [-0.25, -0.2) is 0 Å². The molecule has 0 saturated carbocycles. The van der Waals surface area contributed by atoms with E-state index in [4.69, 9.17) is 10.5 Å². The fourth-order valence-electron chi connectivity index (χ4n) is 1.82. The summed E-state index contributed by atoms with van der Waals surface area (Å²) >= 11 is 0. The summed E-state index contributed by atoms with van der Waals surface area (Å²) in [6, 6.07) is 1.82. The van der Waals surface area contributed by atoms with E-state index in [1.54, 1.807) is 6.20 Å². The summed E-state index contributed by atoms with van der Waals surface area (Å²) in [6.07, 6.45) is 2.85. The minimum Gasteiger partial charge on any atom is -0.374 e. The van der Waals surface area contributed by atoms with Gasteiger partial charge < -0.3 is 10.5 Å². The lowest BCUT2D eigenvalue weighted by atomic mass is 9.96. The van der Waals surface area contributed by atoms with Gasteiger partial charge >= 0.3 is 0 Å². The Labute approximate surface area is 97.8 Å². The number of nitrogens with two attached hydrogens (primary N) is 1. The molecule has 0 fully saturated rings. The van der Waals surface area contributed by atoms with Crippen molar-refractivity contribution in [1.82, 2.24) is 9.78 Å². The SMILES string of the molecule is CCCn1nccc1C(N)C(C)(C)OCC. The first kappa shape index (κ1) is 13.2. The Bertz CT molecular complexity index is 320. The molecule has 1 aromatic rings. The molecule has 92 valence electrons. The zero-order valence-electron chi connectivity index (χ0n) is 10.7. The van der Waals surface area contributed by atoms with Gasteiger partial charge in [-0.05, 0) is 33.3 Å². The molecule has 0 amide bonds. The first-order chi connectivity index (χ1) is 7.53. The lowest BCUT2D eigenvalue weighted by Gasteiger charge is -2.31. The third-order valence-electron chi connectivity index (χ3n) is 2.77. The monoisotopic (exact) mass is 225 g/mol. The number of rotatable bonds is 6. The number of nitrogens with zero attached hydrogens (tertiary/aromatic N) is 2. The van der Waals surface area contributed by atoms with Crippen LogP contribution in [0.25, 0.3) is 0 Å². The molecule has 1 aromatic heterocycles. The van der Waals surface area contributed by atoms with Crippen LogP contribution in [0.2, 0.25) is 0 Å². The van der Waals surface area contributed by atoms with Crippen molar-refractivity contribution >= 4 is 0 Å². The molecule has 16 heavy (non-hydrogen) atoms. The van der Waals surface area contributed by atoms with Gasteiger partial charge in [0.05, 0.1) is 17.3 Å². The summed E-state index contributed by atoms with van der Waals surface area (Å²) in [6.45, 7) is 9.72. The molecule has 0 aliphatic heterocycles. The van der Waals surface area contributed by atoms with E-state index in [9.17, 15) is 0 Å². The van der Waals surface area contributed by atoms with Crippen molar-refractivity contribution in [2.45, 2.75) is 52.3 Å². The predicted molar refractivity (Wildman–Crippen MR) is 65.2 cm³/mol. The van der Waals surface area contributed by atoms with Crippen LogP contribution >= 0.6 is 0 Å². The van der Waals surface area contributed by atoms with E-state index in [0.717, 1.165) is 18.7 Å². The maximum absolute atomic E-state index is 6.25. The van der Waals surface area contributed by atoms with Crippen molar-refractivity contribution in [3.8, 4) is 0 Å². The Hall–Kier alpha value is -0.870. The number of aromatic nitrogens is 2. The summed E-state index contributed by atoms with van der Waals surface area (Å²) in [5.74, 6) is 0. The van der Waals surface area contributed by atoms with Crippen LogP contribution in [0.3, 0.4) is 0 Å². The third-order valence-corrected chi connectivity index (χ3v) is 2.77. The smallest absolute Gasteiger partial charge is 0.0833 e. The van der Waals surface area contributed by atoms with Crippen LogP contribution < -0.4 is 5.73 Å². The zero-order valence-corrected chi connectivity index (χ0v) is 10.7. The second kappa shape index (κ2) is 5.46. The maximum atomic E-state index is 6.25. The normalized spacial score (nSPS) is 14.1. The average molecular weight is 225 g/mol. The van der Waals surface area contributed by atoms with Crippen LogP contribution in [0.4, 0.5) is 0 Å². The van der Waals surface area contributed by atoms with Crippen molar-refractivity contribution in [2.24, 2.45) is 5.73 Å². The third kappa shape index (κ3) is 2.83. The van der Waals surface area contributed by atoms with Crippen LogP contribution in [0.15, 0.2) is 12.3 Å². The first-order valence-electron chi connectivity index (χ1n) is 5.94. The van der Waals surface area contributed by atoms with Gasteiger partial charge in [-0.3, -0.25) is 4.68 Å². The van der Waals surface area contributed by atoms with Gasteiger partial charge in [0, 0.05) is 19.3 Å². The summed E-state index contributed by atoms with van der Waals surface area (Å²) in [5, 5.41) is 4.28. The molecule has 0 aliphatic carbocycles. The minimum absolute atomic E-state index is 0.151. The highest BCUT2D eigenvalue weighted by Crippen LogP contribution is 2.26. The molecular formula is C12H23N3O. The van der Waals surface area contributed by atoms with Gasteiger partial charge in [-0.15, -0.1) is 0 Å². The Balaban J connectivity index is 2.86. The first-order valence-corrected chi connectivity index (χ1v) is 5.94. The molecule has 0 radical (unpaired) electrons. The second-order valence-corrected chi connectivity index (χ2v) is 4.49. The van der Waals surface area contributed by atoms with Gasteiger partial charge in [-0.1, -0.05) is 6.92 Å². The largest absolute Gasteiger partial charge is 0.374 e. The van der Waals surface area contributed by atoms with Crippen LogP contribution in [-0.4, -0.2) is 22.0 Å². The molecule has 2 N–H and O–H groups in total. The maximum Gasteiger partial charge on any atom is 0.0833 e. The quantitative estimate of drug-likeness (QED) is 0.806. The van der Waals surface area contributed by atoms with Crippen LogP contribution in [0, 0.1) is 0 Å². The molecule has 0 bridgehead atoms. The molecule has 0 aromatic carbocycles. The summed E-state index contributed by atoms with van der Waals surface area (Å²) in [7, 11) is 0. The fraction of sp³-hybridized carbons (Fsp3) is 0.750. The highest BCUT2D eigenvalue weighted by Gasteiger charge is 2.30. The molecule has 1 atom stereocenters. The van der Waals surface area contributed by atoms with Crippen molar-refractivity contribution in [2.75, 3.05) is 6.61 Å². The Morgan fingerprint density at radius 1 is 1.50 bits per heavy atom. The Morgan fingerprint density at radius 2 is 2.19 bits per heavy atom. The second-order valence-electron chi connectivity index (χ2n) is 4.49. The summed E-state index contributed by atoms with van der Waals surface area (Å²) < 4.78 is 7.65. The van der Waals surface area contributed by atoms with Gasteiger partial charge in [0.1, 0.15) is 0 Å².